The Kier molecular flexibility index (Phi) is 4.05. The first-order valence-corrected chi connectivity index (χ1v) is 7.81. The summed E-state index contributed by atoms with van der Waals surface area (Å²) in [6.45, 7) is 4.58. The molecule has 0 bridgehead atoms. The summed E-state index contributed by atoms with van der Waals surface area (Å²) >= 11 is 3.42. The average Bonchev–Trinajstić information content (AvgIpc) is 2.76. The summed E-state index contributed by atoms with van der Waals surface area (Å²) in [7, 11) is 0. The van der Waals surface area contributed by atoms with E-state index in [-0.39, 0.29) is 6.61 Å². The Morgan fingerprint density at radius 2 is 2.16 bits per heavy atom. The quantitative estimate of drug-likeness (QED) is 0.903. The standard InChI is InChI=1S/C14H20BrN3O/c15-12-7-11(10-19)14(16-8-12)18-6-2-5-17-4-1-3-13(17)9-18/h7-8,13,19H,1-6,9-10H2. The molecule has 2 aliphatic rings. The topological polar surface area (TPSA) is 39.6 Å². The fourth-order valence-corrected chi connectivity index (χ4v) is 3.65. The number of hydrogen-bond acceptors (Lipinski definition) is 4. The van der Waals surface area contributed by atoms with Crippen LogP contribution in [0.15, 0.2) is 16.7 Å². The van der Waals surface area contributed by atoms with Crippen molar-refractivity contribution < 1.29 is 5.11 Å². The van der Waals surface area contributed by atoms with Crippen LogP contribution < -0.4 is 4.90 Å². The van der Waals surface area contributed by atoms with E-state index in [0.29, 0.717) is 6.04 Å². The number of aliphatic hydroxyl groups excluding tert-OH is 1. The third kappa shape index (κ3) is 2.78. The van der Waals surface area contributed by atoms with Crippen molar-refractivity contribution in [1.29, 1.82) is 0 Å². The maximum atomic E-state index is 9.53. The van der Waals surface area contributed by atoms with Gasteiger partial charge in [-0.05, 0) is 47.8 Å². The molecular formula is C14H20BrN3O. The SMILES string of the molecule is OCc1cc(Br)cnc1N1CCCN2CCCC2C1. The normalized spacial score (nSPS) is 24.3. The molecule has 1 aromatic heterocycles. The molecule has 4 nitrogen and oxygen atoms in total. The van der Waals surface area contributed by atoms with Gasteiger partial charge in [-0.1, -0.05) is 0 Å². The van der Waals surface area contributed by atoms with Crippen molar-refractivity contribution in [3.8, 4) is 0 Å². The first-order chi connectivity index (χ1) is 9.28. The molecule has 104 valence electrons. The first-order valence-electron chi connectivity index (χ1n) is 7.02. The van der Waals surface area contributed by atoms with Gasteiger partial charge in [0, 0.05) is 41.9 Å². The Balaban J connectivity index is 1.84. The number of rotatable bonds is 2. The molecule has 19 heavy (non-hydrogen) atoms. The van der Waals surface area contributed by atoms with Gasteiger partial charge in [-0.2, -0.15) is 0 Å². The Labute approximate surface area is 122 Å². The van der Waals surface area contributed by atoms with E-state index in [9.17, 15) is 5.11 Å². The number of halogens is 1. The molecular weight excluding hydrogens is 306 g/mol. The smallest absolute Gasteiger partial charge is 0.134 e. The monoisotopic (exact) mass is 325 g/mol. The molecule has 0 aromatic carbocycles. The zero-order chi connectivity index (χ0) is 13.2. The molecule has 1 unspecified atom stereocenters. The highest BCUT2D eigenvalue weighted by Gasteiger charge is 2.29. The number of aromatic nitrogens is 1. The van der Waals surface area contributed by atoms with E-state index in [1.807, 2.05) is 12.3 Å². The minimum absolute atomic E-state index is 0.0483. The van der Waals surface area contributed by atoms with Crippen LogP contribution in [0.4, 0.5) is 5.82 Å². The maximum absolute atomic E-state index is 9.53. The van der Waals surface area contributed by atoms with Crippen LogP contribution in [-0.4, -0.2) is 47.2 Å². The van der Waals surface area contributed by atoms with Crippen LogP contribution in [0, 0.1) is 0 Å². The number of nitrogens with zero attached hydrogens (tertiary/aromatic N) is 3. The van der Waals surface area contributed by atoms with Crippen molar-refractivity contribution in [3.05, 3.63) is 22.3 Å². The van der Waals surface area contributed by atoms with Gasteiger partial charge in [0.2, 0.25) is 0 Å². The van der Waals surface area contributed by atoms with Crippen molar-refractivity contribution in [1.82, 2.24) is 9.88 Å². The molecule has 0 aliphatic carbocycles. The summed E-state index contributed by atoms with van der Waals surface area (Å²) in [6, 6.07) is 2.64. The van der Waals surface area contributed by atoms with Crippen LogP contribution >= 0.6 is 15.9 Å². The number of fused-ring (bicyclic) bond motifs is 1. The van der Waals surface area contributed by atoms with Gasteiger partial charge in [0.1, 0.15) is 5.82 Å². The van der Waals surface area contributed by atoms with E-state index in [2.05, 4.69) is 30.7 Å². The minimum atomic E-state index is 0.0483. The van der Waals surface area contributed by atoms with Gasteiger partial charge < -0.3 is 10.0 Å². The van der Waals surface area contributed by atoms with E-state index in [1.54, 1.807) is 0 Å². The molecule has 3 rings (SSSR count). The molecule has 1 N–H and O–H groups in total. The number of aliphatic hydroxyl groups is 1. The first kappa shape index (κ1) is 13.3. The van der Waals surface area contributed by atoms with Crippen molar-refractivity contribution in [2.24, 2.45) is 0 Å². The van der Waals surface area contributed by atoms with E-state index >= 15 is 0 Å². The Bertz CT molecular complexity index is 454. The van der Waals surface area contributed by atoms with Gasteiger partial charge in [-0.25, -0.2) is 4.98 Å². The van der Waals surface area contributed by atoms with Gasteiger partial charge in [-0.3, -0.25) is 4.90 Å². The average molecular weight is 326 g/mol. The third-order valence-corrected chi connectivity index (χ3v) is 4.62. The lowest BCUT2D eigenvalue weighted by molar-refractivity contribution is 0.272. The molecule has 0 radical (unpaired) electrons. The zero-order valence-corrected chi connectivity index (χ0v) is 12.6. The van der Waals surface area contributed by atoms with E-state index in [4.69, 9.17) is 0 Å². The van der Waals surface area contributed by atoms with Gasteiger partial charge in [0.25, 0.3) is 0 Å². The summed E-state index contributed by atoms with van der Waals surface area (Å²) in [5, 5.41) is 9.53. The second-order valence-electron chi connectivity index (χ2n) is 5.43. The molecule has 0 spiro atoms. The molecule has 2 fully saturated rings. The lowest BCUT2D eigenvalue weighted by Crippen LogP contribution is -2.37. The lowest BCUT2D eigenvalue weighted by atomic mass is 10.2. The third-order valence-electron chi connectivity index (χ3n) is 4.18. The second kappa shape index (κ2) is 5.77. The number of hydrogen-bond donors (Lipinski definition) is 1. The molecule has 1 aromatic rings. The zero-order valence-electron chi connectivity index (χ0n) is 11.1. The summed E-state index contributed by atoms with van der Waals surface area (Å²) in [6.07, 6.45) is 5.62. The van der Waals surface area contributed by atoms with Crippen molar-refractivity contribution in [2.75, 3.05) is 31.1 Å². The summed E-state index contributed by atoms with van der Waals surface area (Å²) in [4.78, 5) is 9.49. The predicted molar refractivity (Wildman–Crippen MR) is 79.3 cm³/mol. The van der Waals surface area contributed by atoms with E-state index in [0.717, 1.165) is 28.9 Å². The fraction of sp³-hybridized carbons (Fsp3) is 0.643. The van der Waals surface area contributed by atoms with Crippen molar-refractivity contribution in [2.45, 2.75) is 31.9 Å². The molecule has 0 amide bonds. The minimum Gasteiger partial charge on any atom is -0.392 e. The summed E-state index contributed by atoms with van der Waals surface area (Å²) in [5.74, 6) is 0.958. The van der Waals surface area contributed by atoms with E-state index in [1.165, 1.54) is 32.4 Å². The van der Waals surface area contributed by atoms with E-state index < -0.39 is 0 Å². The Morgan fingerprint density at radius 3 is 3.00 bits per heavy atom. The molecule has 1 atom stereocenters. The molecule has 0 saturated carbocycles. The van der Waals surface area contributed by atoms with Crippen LogP contribution in [0.25, 0.3) is 0 Å². The summed E-state index contributed by atoms with van der Waals surface area (Å²) in [5.41, 5.74) is 0.917. The van der Waals surface area contributed by atoms with Gasteiger partial charge in [0.05, 0.1) is 6.61 Å². The second-order valence-corrected chi connectivity index (χ2v) is 6.34. The highest BCUT2D eigenvalue weighted by atomic mass is 79.9. The molecule has 2 saturated heterocycles. The van der Waals surface area contributed by atoms with Crippen LogP contribution in [0.1, 0.15) is 24.8 Å². The van der Waals surface area contributed by atoms with Gasteiger partial charge in [0.15, 0.2) is 0 Å². The Morgan fingerprint density at radius 1 is 1.32 bits per heavy atom. The molecule has 2 aliphatic heterocycles. The summed E-state index contributed by atoms with van der Waals surface area (Å²) < 4.78 is 0.928. The fourth-order valence-electron chi connectivity index (χ4n) is 3.27. The lowest BCUT2D eigenvalue weighted by Gasteiger charge is -2.27. The largest absolute Gasteiger partial charge is 0.392 e. The van der Waals surface area contributed by atoms with Crippen LogP contribution in [-0.2, 0) is 6.61 Å². The van der Waals surface area contributed by atoms with Gasteiger partial charge >= 0.3 is 0 Å². The van der Waals surface area contributed by atoms with Crippen molar-refractivity contribution >= 4 is 21.7 Å². The number of pyridine rings is 1. The highest BCUT2D eigenvalue weighted by molar-refractivity contribution is 9.10. The number of anilines is 1. The Hall–Kier alpha value is -0.650. The highest BCUT2D eigenvalue weighted by Crippen LogP contribution is 2.27. The molecule has 3 heterocycles. The van der Waals surface area contributed by atoms with Crippen LogP contribution in [0.5, 0.6) is 0 Å². The predicted octanol–water partition coefficient (Wildman–Crippen LogP) is 2.01. The van der Waals surface area contributed by atoms with Crippen molar-refractivity contribution in [3.63, 3.8) is 0 Å². The van der Waals surface area contributed by atoms with Crippen LogP contribution in [0.2, 0.25) is 0 Å². The van der Waals surface area contributed by atoms with Gasteiger partial charge in [-0.15, -0.1) is 0 Å². The van der Waals surface area contributed by atoms with Crippen LogP contribution in [0.3, 0.4) is 0 Å². The molecule has 5 heteroatoms. The maximum Gasteiger partial charge on any atom is 0.134 e.